The first-order valence-corrected chi connectivity index (χ1v) is 10.6. The van der Waals surface area contributed by atoms with E-state index in [1.165, 1.54) is 4.90 Å². The average Bonchev–Trinajstić information content (AvgIpc) is 3.07. The van der Waals surface area contributed by atoms with Gasteiger partial charge in [-0.3, -0.25) is 14.5 Å². The molecule has 0 aromatic heterocycles. The van der Waals surface area contributed by atoms with Crippen LogP contribution in [0.4, 0.5) is 0 Å². The van der Waals surface area contributed by atoms with Crippen molar-refractivity contribution in [3.8, 4) is 11.5 Å². The lowest BCUT2D eigenvalue weighted by Crippen LogP contribution is -2.33. The van der Waals surface area contributed by atoms with Crippen molar-refractivity contribution < 1.29 is 23.8 Å². The summed E-state index contributed by atoms with van der Waals surface area (Å²) in [6.45, 7) is 2.15. The lowest BCUT2D eigenvalue weighted by atomic mass is 10.1. The molecule has 1 aliphatic rings. The Morgan fingerprint density at radius 1 is 0.656 bits per heavy atom. The number of carbonyl (C=O) groups is 2. The second-order valence-electron chi connectivity index (χ2n) is 7.37. The maximum absolute atomic E-state index is 12.4. The van der Waals surface area contributed by atoms with Crippen molar-refractivity contribution in [2.45, 2.75) is 13.0 Å². The number of imide groups is 1. The molecule has 0 aliphatic carbocycles. The number of amides is 2. The van der Waals surface area contributed by atoms with Gasteiger partial charge in [0.25, 0.3) is 11.8 Å². The first-order valence-electron chi connectivity index (χ1n) is 10.6. The topological polar surface area (TPSA) is 65.1 Å². The van der Waals surface area contributed by atoms with Gasteiger partial charge in [0.1, 0.15) is 18.1 Å². The quantitative estimate of drug-likeness (QED) is 0.334. The molecule has 0 fully saturated rings. The molecule has 0 radical (unpaired) electrons. The number of ether oxygens (including phenoxy) is 3. The van der Waals surface area contributed by atoms with Gasteiger partial charge in [-0.2, -0.15) is 0 Å². The van der Waals surface area contributed by atoms with Crippen molar-refractivity contribution in [1.29, 1.82) is 0 Å². The summed E-state index contributed by atoms with van der Waals surface area (Å²) >= 11 is 0. The van der Waals surface area contributed by atoms with E-state index in [2.05, 4.69) is 0 Å². The second kappa shape index (κ2) is 10.6. The van der Waals surface area contributed by atoms with Crippen LogP contribution in [0.2, 0.25) is 0 Å². The highest BCUT2D eigenvalue weighted by atomic mass is 16.5. The van der Waals surface area contributed by atoms with Gasteiger partial charge in [-0.05, 0) is 29.8 Å². The van der Waals surface area contributed by atoms with Crippen LogP contribution in [-0.2, 0) is 11.3 Å². The SMILES string of the molecule is O=C1c2ccccc2C(=O)N1CCOc1cccc(OCCCOCc2ccccc2)c1. The molecule has 6 nitrogen and oxygen atoms in total. The lowest BCUT2D eigenvalue weighted by Gasteiger charge is -2.15. The second-order valence-corrected chi connectivity index (χ2v) is 7.37. The fraction of sp³-hybridized carbons (Fsp3) is 0.231. The molecule has 6 heteroatoms. The molecular weight excluding hydrogens is 406 g/mol. The van der Waals surface area contributed by atoms with Crippen LogP contribution in [0, 0.1) is 0 Å². The summed E-state index contributed by atoms with van der Waals surface area (Å²) < 4.78 is 17.2. The highest BCUT2D eigenvalue weighted by molar-refractivity contribution is 6.21. The molecule has 0 saturated heterocycles. The van der Waals surface area contributed by atoms with Gasteiger partial charge in [-0.15, -0.1) is 0 Å². The van der Waals surface area contributed by atoms with Crippen molar-refractivity contribution in [2.75, 3.05) is 26.4 Å². The minimum atomic E-state index is -0.277. The Morgan fingerprint density at radius 3 is 1.97 bits per heavy atom. The van der Waals surface area contributed by atoms with E-state index in [-0.39, 0.29) is 25.0 Å². The number of nitrogens with zero attached hydrogens (tertiary/aromatic N) is 1. The summed E-state index contributed by atoms with van der Waals surface area (Å²) in [6, 6.07) is 24.2. The number of carbonyl (C=O) groups excluding carboxylic acids is 2. The maximum Gasteiger partial charge on any atom is 0.261 e. The summed E-state index contributed by atoms with van der Waals surface area (Å²) in [6.07, 6.45) is 0.775. The van der Waals surface area contributed by atoms with Gasteiger partial charge in [0.2, 0.25) is 0 Å². The first kappa shape index (κ1) is 21.6. The Morgan fingerprint density at radius 2 is 1.28 bits per heavy atom. The third kappa shape index (κ3) is 5.34. The van der Waals surface area contributed by atoms with Crippen molar-refractivity contribution >= 4 is 11.8 Å². The molecule has 0 spiro atoms. The normalized spacial score (nSPS) is 12.7. The summed E-state index contributed by atoms with van der Waals surface area (Å²) in [5.41, 5.74) is 2.04. The van der Waals surface area contributed by atoms with Crippen molar-refractivity contribution in [3.05, 3.63) is 95.6 Å². The largest absolute Gasteiger partial charge is 0.493 e. The van der Waals surface area contributed by atoms with E-state index in [0.717, 1.165) is 12.0 Å². The first-order chi connectivity index (χ1) is 15.7. The Balaban J connectivity index is 1.17. The van der Waals surface area contributed by atoms with Crippen LogP contribution in [-0.4, -0.2) is 43.1 Å². The summed E-state index contributed by atoms with van der Waals surface area (Å²) in [7, 11) is 0. The van der Waals surface area contributed by atoms with Crippen LogP contribution in [0.3, 0.4) is 0 Å². The third-order valence-electron chi connectivity index (χ3n) is 5.08. The number of fused-ring (bicyclic) bond motifs is 1. The Labute approximate surface area is 187 Å². The lowest BCUT2D eigenvalue weighted by molar-refractivity contribution is 0.0631. The third-order valence-corrected chi connectivity index (χ3v) is 5.08. The summed E-state index contributed by atoms with van der Waals surface area (Å²) in [4.78, 5) is 26.0. The minimum Gasteiger partial charge on any atom is -0.493 e. The molecule has 4 rings (SSSR count). The fourth-order valence-corrected chi connectivity index (χ4v) is 3.47. The summed E-state index contributed by atoms with van der Waals surface area (Å²) in [5.74, 6) is 0.771. The standard InChI is InChI=1S/C26H25NO5/c28-25-23-12-4-5-13-24(23)26(29)27(25)14-17-32-22-11-6-10-21(18-22)31-16-7-15-30-19-20-8-2-1-3-9-20/h1-6,8-13,18H,7,14-17,19H2. The van der Waals surface area contributed by atoms with E-state index >= 15 is 0 Å². The zero-order valence-electron chi connectivity index (χ0n) is 17.7. The molecule has 1 aliphatic heterocycles. The van der Waals surface area contributed by atoms with Gasteiger partial charge in [0.15, 0.2) is 0 Å². The fourth-order valence-electron chi connectivity index (χ4n) is 3.47. The van der Waals surface area contributed by atoms with Crippen LogP contribution in [0.25, 0.3) is 0 Å². The predicted octanol–water partition coefficient (Wildman–Crippen LogP) is 4.35. The van der Waals surface area contributed by atoms with Crippen LogP contribution >= 0.6 is 0 Å². The van der Waals surface area contributed by atoms with Crippen molar-refractivity contribution in [1.82, 2.24) is 4.90 Å². The van der Waals surface area contributed by atoms with E-state index in [9.17, 15) is 9.59 Å². The van der Waals surface area contributed by atoms with Gasteiger partial charge < -0.3 is 14.2 Å². The van der Waals surface area contributed by atoms with Crippen molar-refractivity contribution in [2.24, 2.45) is 0 Å². The summed E-state index contributed by atoms with van der Waals surface area (Å²) in [5, 5.41) is 0. The number of rotatable bonds is 11. The van der Waals surface area contributed by atoms with Crippen LogP contribution in [0.5, 0.6) is 11.5 Å². The highest BCUT2D eigenvalue weighted by Gasteiger charge is 2.34. The molecule has 0 saturated carbocycles. The number of benzene rings is 3. The Kier molecular flexibility index (Phi) is 7.15. The number of hydrogen-bond donors (Lipinski definition) is 0. The molecule has 0 bridgehead atoms. The zero-order valence-corrected chi connectivity index (χ0v) is 17.7. The molecule has 164 valence electrons. The van der Waals surface area contributed by atoms with E-state index in [1.807, 2.05) is 48.5 Å². The van der Waals surface area contributed by atoms with Crippen LogP contribution < -0.4 is 9.47 Å². The van der Waals surface area contributed by atoms with E-state index in [4.69, 9.17) is 14.2 Å². The van der Waals surface area contributed by atoms with Gasteiger partial charge in [-0.1, -0.05) is 48.5 Å². The molecule has 2 amide bonds. The molecule has 3 aromatic carbocycles. The molecule has 3 aromatic rings. The molecule has 0 unspecified atom stereocenters. The van der Waals surface area contributed by atoms with Gasteiger partial charge in [0.05, 0.1) is 37.5 Å². The number of hydrogen-bond acceptors (Lipinski definition) is 5. The van der Waals surface area contributed by atoms with Gasteiger partial charge in [0, 0.05) is 12.5 Å². The van der Waals surface area contributed by atoms with Gasteiger partial charge in [-0.25, -0.2) is 0 Å². The minimum absolute atomic E-state index is 0.191. The van der Waals surface area contributed by atoms with E-state index in [1.54, 1.807) is 30.3 Å². The predicted molar refractivity (Wildman–Crippen MR) is 120 cm³/mol. The molecule has 32 heavy (non-hydrogen) atoms. The molecule has 0 N–H and O–H groups in total. The smallest absolute Gasteiger partial charge is 0.261 e. The highest BCUT2D eigenvalue weighted by Crippen LogP contribution is 2.23. The molecule has 1 heterocycles. The zero-order chi connectivity index (χ0) is 22.2. The van der Waals surface area contributed by atoms with Crippen LogP contribution in [0.15, 0.2) is 78.9 Å². The van der Waals surface area contributed by atoms with Gasteiger partial charge >= 0.3 is 0 Å². The Hall–Kier alpha value is -3.64. The average molecular weight is 431 g/mol. The van der Waals surface area contributed by atoms with E-state index < -0.39 is 0 Å². The van der Waals surface area contributed by atoms with E-state index in [0.29, 0.717) is 42.4 Å². The molecular formula is C26H25NO5. The molecule has 0 atom stereocenters. The monoisotopic (exact) mass is 431 g/mol. The van der Waals surface area contributed by atoms with Crippen molar-refractivity contribution in [3.63, 3.8) is 0 Å². The maximum atomic E-state index is 12.4. The van der Waals surface area contributed by atoms with Crippen LogP contribution in [0.1, 0.15) is 32.7 Å². The Bertz CT molecular complexity index is 1030.